The Morgan fingerprint density at radius 2 is 1.79 bits per heavy atom. The molecule has 0 aromatic heterocycles. The van der Waals surface area contributed by atoms with Crippen LogP contribution in [0.1, 0.15) is 11.5 Å². The van der Waals surface area contributed by atoms with Crippen molar-refractivity contribution >= 4 is 11.8 Å². The highest BCUT2D eigenvalue weighted by Crippen LogP contribution is 2.27. The first kappa shape index (κ1) is 13.5. The molecule has 96 valence electrons. The molecule has 0 fully saturated rings. The molecule has 0 amide bonds. The quantitative estimate of drug-likeness (QED) is 0.766. The molecule has 0 spiro atoms. The monoisotopic (exact) mass is 269 g/mol. The first-order chi connectivity index (χ1) is 9.33. The zero-order chi connectivity index (χ0) is 13.5. The number of benzene rings is 2. The summed E-state index contributed by atoms with van der Waals surface area (Å²) >= 11 is 1.69. The molecule has 1 unspecified atom stereocenters. The van der Waals surface area contributed by atoms with E-state index in [9.17, 15) is 5.26 Å². The molecule has 2 aromatic carbocycles. The van der Waals surface area contributed by atoms with Crippen molar-refractivity contribution in [2.24, 2.45) is 0 Å². The second-order valence-electron chi connectivity index (χ2n) is 4.08. The molecule has 1 atom stereocenters. The van der Waals surface area contributed by atoms with E-state index in [2.05, 4.69) is 6.07 Å². The minimum atomic E-state index is -0.0756. The molecule has 0 N–H and O–H groups in total. The van der Waals surface area contributed by atoms with Gasteiger partial charge in [0, 0.05) is 10.6 Å². The van der Waals surface area contributed by atoms with Gasteiger partial charge in [-0.2, -0.15) is 5.26 Å². The molecule has 0 aliphatic carbocycles. The normalized spacial score (nSPS) is 11.6. The van der Waals surface area contributed by atoms with E-state index in [1.165, 1.54) is 0 Å². The Morgan fingerprint density at radius 3 is 2.37 bits per heavy atom. The Hall–Kier alpha value is -1.92. The number of nitrogens with zero attached hydrogens (tertiary/aromatic N) is 1. The molecule has 0 bridgehead atoms. The highest BCUT2D eigenvalue weighted by atomic mass is 32.2. The lowest BCUT2D eigenvalue weighted by Crippen LogP contribution is -1.98. The van der Waals surface area contributed by atoms with Crippen LogP contribution in [0, 0.1) is 11.3 Å². The van der Waals surface area contributed by atoms with Crippen LogP contribution in [0.15, 0.2) is 59.5 Å². The van der Waals surface area contributed by atoms with Crippen LogP contribution >= 0.6 is 11.8 Å². The topological polar surface area (TPSA) is 33.0 Å². The van der Waals surface area contributed by atoms with Gasteiger partial charge in [-0.3, -0.25) is 0 Å². The van der Waals surface area contributed by atoms with Crippen LogP contribution in [-0.2, 0) is 0 Å². The summed E-state index contributed by atoms with van der Waals surface area (Å²) < 4.78 is 5.12. The summed E-state index contributed by atoms with van der Waals surface area (Å²) in [5.41, 5.74) is 1.08. The minimum Gasteiger partial charge on any atom is -0.497 e. The summed E-state index contributed by atoms with van der Waals surface area (Å²) in [5.74, 6) is 1.53. The lowest BCUT2D eigenvalue weighted by Gasteiger charge is -2.09. The maximum absolute atomic E-state index is 9.26. The first-order valence-corrected chi connectivity index (χ1v) is 7.03. The van der Waals surface area contributed by atoms with E-state index in [1.54, 1.807) is 18.9 Å². The molecule has 0 aliphatic heterocycles. The van der Waals surface area contributed by atoms with E-state index in [1.807, 2.05) is 54.6 Å². The average molecular weight is 269 g/mol. The van der Waals surface area contributed by atoms with Crippen molar-refractivity contribution < 1.29 is 4.74 Å². The van der Waals surface area contributed by atoms with E-state index in [4.69, 9.17) is 4.74 Å². The lowest BCUT2D eigenvalue weighted by molar-refractivity contribution is 0.414. The predicted molar refractivity (Wildman–Crippen MR) is 78.5 cm³/mol. The van der Waals surface area contributed by atoms with Gasteiger partial charge in [0.2, 0.25) is 0 Å². The standard InChI is InChI=1S/C16H15NOS/c1-18-15-7-9-16(10-8-15)19-12-14(11-17)13-5-3-2-4-6-13/h2-10,14H,12H2,1H3. The van der Waals surface area contributed by atoms with Crippen molar-refractivity contribution in [3.05, 3.63) is 60.2 Å². The molecule has 0 heterocycles. The molecule has 0 saturated heterocycles. The number of nitriles is 1. The van der Waals surface area contributed by atoms with E-state index < -0.39 is 0 Å². The number of hydrogen-bond donors (Lipinski definition) is 0. The summed E-state index contributed by atoms with van der Waals surface area (Å²) in [6.07, 6.45) is 0. The largest absolute Gasteiger partial charge is 0.497 e. The van der Waals surface area contributed by atoms with Crippen molar-refractivity contribution in [3.8, 4) is 11.8 Å². The first-order valence-electron chi connectivity index (χ1n) is 6.05. The van der Waals surface area contributed by atoms with Gasteiger partial charge in [-0.25, -0.2) is 0 Å². The predicted octanol–water partition coefficient (Wildman–Crippen LogP) is 4.09. The molecule has 3 heteroatoms. The van der Waals surface area contributed by atoms with Gasteiger partial charge in [0.1, 0.15) is 5.75 Å². The summed E-state index contributed by atoms with van der Waals surface area (Å²) in [4.78, 5) is 1.15. The fourth-order valence-corrected chi connectivity index (χ4v) is 2.70. The third-order valence-electron chi connectivity index (χ3n) is 2.83. The van der Waals surface area contributed by atoms with Gasteiger partial charge < -0.3 is 4.74 Å². The van der Waals surface area contributed by atoms with Crippen molar-refractivity contribution in [2.45, 2.75) is 10.8 Å². The molecular formula is C16H15NOS. The summed E-state index contributed by atoms with van der Waals surface area (Å²) in [6.45, 7) is 0. The number of hydrogen-bond acceptors (Lipinski definition) is 3. The fourth-order valence-electron chi connectivity index (χ4n) is 1.74. The van der Waals surface area contributed by atoms with E-state index in [0.717, 1.165) is 22.0 Å². The van der Waals surface area contributed by atoms with Crippen LogP contribution in [0.3, 0.4) is 0 Å². The Balaban J connectivity index is 1.98. The van der Waals surface area contributed by atoms with Gasteiger partial charge >= 0.3 is 0 Å². The van der Waals surface area contributed by atoms with Gasteiger partial charge in [-0.15, -0.1) is 11.8 Å². The van der Waals surface area contributed by atoms with E-state index in [0.29, 0.717) is 0 Å². The van der Waals surface area contributed by atoms with Crippen LogP contribution in [-0.4, -0.2) is 12.9 Å². The SMILES string of the molecule is COc1ccc(SCC(C#N)c2ccccc2)cc1. The second kappa shape index (κ2) is 6.86. The van der Waals surface area contributed by atoms with Gasteiger partial charge in [0.05, 0.1) is 19.1 Å². The van der Waals surface area contributed by atoms with E-state index >= 15 is 0 Å². The van der Waals surface area contributed by atoms with Crippen LogP contribution in [0.4, 0.5) is 0 Å². The van der Waals surface area contributed by atoms with Gasteiger partial charge in [-0.1, -0.05) is 30.3 Å². The lowest BCUT2D eigenvalue weighted by atomic mass is 10.0. The molecular weight excluding hydrogens is 254 g/mol. The third kappa shape index (κ3) is 3.77. The Morgan fingerprint density at radius 1 is 1.11 bits per heavy atom. The van der Waals surface area contributed by atoms with Crippen LogP contribution < -0.4 is 4.74 Å². The Bertz CT molecular complexity index is 545. The minimum absolute atomic E-state index is 0.0756. The molecule has 0 aliphatic rings. The number of methoxy groups -OCH3 is 1. The molecule has 0 radical (unpaired) electrons. The second-order valence-corrected chi connectivity index (χ2v) is 5.17. The Kier molecular flexibility index (Phi) is 4.88. The molecule has 2 rings (SSSR count). The number of ether oxygens (including phenoxy) is 1. The van der Waals surface area contributed by atoms with Crippen LogP contribution in [0.2, 0.25) is 0 Å². The maximum Gasteiger partial charge on any atom is 0.118 e. The average Bonchev–Trinajstić information content (AvgIpc) is 2.49. The smallest absolute Gasteiger partial charge is 0.118 e. The Labute approximate surface area is 118 Å². The van der Waals surface area contributed by atoms with Gasteiger partial charge in [0.15, 0.2) is 0 Å². The van der Waals surface area contributed by atoms with Crippen molar-refractivity contribution in [1.82, 2.24) is 0 Å². The van der Waals surface area contributed by atoms with Gasteiger partial charge in [0.25, 0.3) is 0 Å². The maximum atomic E-state index is 9.26. The van der Waals surface area contributed by atoms with Gasteiger partial charge in [-0.05, 0) is 29.8 Å². The van der Waals surface area contributed by atoms with Crippen molar-refractivity contribution in [1.29, 1.82) is 5.26 Å². The summed E-state index contributed by atoms with van der Waals surface area (Å²) in [7, 11) is 1.66. The molecule has 2 aromatic rings. The summed E-state index contributed by atoms with van der Waals surface area (Å²) in [5, 5.41) is 9.26. The fraction of sp³-hybridized carbons (Fsp3) is 0.188. The number of thioether (sulfide) groups is 1. The molecule has 2 nitrogen and oxygen atoms in total. The number of rotatable bonds is 5. The highest BCUT2D eigenvalue weighted by molar-refractivity contribution is 7.99. The zero-order valence-electron chi connectivity index (χ0n) is 10.7. The van der Waals surface area contributed by atoms with Crippen molar-refractivity contribution in [3.63, 3.8) is 0 Å². The highest BCUT2D eigenvalue weighted by Gasteiger charge is 2.10. The summed E-state index contributed by atoms with van der Waals surface area (Å²) in [6, 6.07) is 20.2. The molecule has 0 saturated carbocycles. The zero-order valence-corrected chi connectivity index (χ0v) is 11.6. The third-order valence-corrected chi connectivity index (χ3v) is 3.94. The van der Waals surface area contributed by atoms with Crippen LogP contribution in [0.25, 0.3) is 0 Å². The van der Waals surface area contributed by atoms with Crippen molar-refractivity contribution in [2.75, 3.05) is 12.9 Å². The van der Waals surface area contributed by atoms with Crippen LogP contribution in [0.5, 0.6) is 5.75 Å². The molecule has 19 heavy (non-hydrogen) atoms. The van der Waals surface area contributed by atoms with E-state index in [-0.39, 0.29) is 5.92 Å².